The molecule has 4 heteroatoms. The van der Waals surface area contributed by atoms with Crippen molar-refractivity contribution in [1.82, 2.24) is 4.98 Å². The zero-order valence-corrected chi connectivity index (χ0v) is 10.6. The van der Waals surface area contributed by atoms with Gasteiger partial charge in [0.25, 0.3) is 5.56 Å². The molecular weight excluding hydrogens is 238 g/mol. The van der Waals surface area contributed by atoms with E-state index in [9.17, 15) is 4.79 Å². The monoisotopic (exact) mass is 249 g/mol. The average Bonchev–Trinajstić information content (AvgIpc) is 2.38. The van der Waals surface area contributed by atoms with Crippen LogP contribution in [0.1, 0.15) is 22.4 Å². The molecule has 0 spiro atoms. The first kappa shape index (κ1) is 12.6. The van der Waals surface area contributed by atoms with Crippen LogP contribution in [-0.2, 0) is 0 Å². The Morgan fingerprint density at radius 3 is 2.42 bits per heavy atom. The third kappa shape index (κ3) is 2.25. The molecule has 2 aromatic rings. The summed E-state index contributed by atoms with van der Waals surface area (Å²) in [5, 5.41) is 18.1. The molecule has 0 unspecified atom stereocenters. The van der Waals surface area contributed by atoms with Crippen molar-refractivity contribution >= 4 is 0 Å². The number of aromatic nitrogens is 1. The number of nitrogens with one attached hydrogen (secondary N) is 1. The first-order chi connectivity index (χ1) is 9.06. The number of nitrogens with zero attached hydrogens (tertiary/aromatic N) is 2. The molecule has 0 amide bonds. The van der Waals surface area contributed by atoms with Gasteiger partial charge in [-0.05, 0) is 43.2 Å². The molecular formula is C15H11N3O. The first-order valence-electron chi connectivity index (χ1n) is 5.72. The SMILES string of the molecule is Cc1cc(-c2cc(C#N)ccc2C)c(C#N)c(=O)[nH]1. The van der Waals surface area contributed by atoms with Gasteiger partial charge in [-0.25, -0.2) is 0 Å². The predicted octanol–water partition coefficient (Wildman–Crippen LogP) is 2.40. The second kappa shape index (κ2) is 4.80. The molecule has 1 N–H and O–H groups in total. The first-order valence-corrected chi connectivity index (χ1v) is 5.72. The maximum absolute atomic E-state index is 11.8. The number of rotatable bonds is 1. The molecule has 19 heavy (non-hydrogen) atoms. The normalized spacial score (nSPS) is 9.68. The summed E-state index contributed by atoms with van der Waals surface area (Å²) in [4.78, 5) is 14.4. The topological polar surface area (TPSA) is 80.4 Å². The van der Waals surface area contributed by atoms with Crippen molar-refractivity contribution in [2.45, 2.75) is 13.8 Å². The summed E-state index contributed by atoms with van der Waals surface area (Å²) in [6, 6.07) is 11.0. The van der Waals surface area contributed by atoms with Crippen LogP contribution in [0.4, 0.5) is 0 Å². The quantitative estimate of drug-likeness (QED) is 0.842. The molecule has 2 rings (SSSR count). The molecule has 1 aromatic carbocycles. The Kier molecular flexibility index (Phi) is 3.18. The van der Waals surface area contributed by atoms with Crippen LogP contribution in [0.3, 0.4) is 0 Å². The standard InChI is InChI=1S/C15H11N3O/c1-9-3-4-11(7-16)6-12(9)13-5-10(2)18-15(19)14(13)8-17/h3-6H,1-2H3,(H,18,19). The van der Waals surface area contributed by atoms with Gasteiger partial charge in [-0.1, -0.05) is 6.07 Å². The number of nitriles is 2. The average molecular weight is 249 g/mol. The smallest absolute Gasteiger partial charge is 0.266 e. The number of aryl methyl sites for hydroxylation is 2. The number of aromatic amines is 1. The van der Waals surface area contributed by atoms with Gasteiger partial charge < -0.3 is 4.98 Å². The van der Waals surface area contributed by atoms with Gasteiger partial charge in [0, 0.05) is 11.3 Å². The molecule has 0 aliphatic rings. The zero-order chi connectivity index (χ0) is 14.0. The fourth-order valence-corrected chi connectivity index (χ4v) is 1.99. The maximum atomic E-state index is 11.8. The van der Waals surface area contributed by atoms with Crippen molar-refractivity contribution in [3.8, 4) is 23.3 Å². The summed E-state index contributed by atoms with van der Waals surface area (Å²) < 4.78 is 0. The van der Waals surface area contributed by atoms with E-state index < -0.39 is 5.56 Å². The van der Waals surface area contributed by atoms with Crippen molar-refractivity contribution in [1.29, 1.82) is 10.5 Å². The summed E-state index contributed by atoms with van der Waals surface area (Å²) in [7, 11) is 0. The Morgan fingerprint density at radius 2 is 1.79 bits per heavy atom. The summed E-state index contributed by atoms with van der Waals surface area (Å²) in [5.41, 5.74) is 3.08. The fourth-order valence-electron chi connectivity index (χ4n) is 1.99. The van der Waals surface area contributed by atoms with Crippen LogP contribution < -0.4 is 5.56 Å². The molecule has 0 radical (unpaired) electrons. The van der Waals surface area contributed by atoms with Crippen LogP contribution in [0.25, 0.3) is 11.1 Å². The number of pyridine rings is 1. The zero-order valence-electron chi connectivity index (χ0n) is 10.6. The van der Waals surface area contributed by atoms with Crippen LogP contribution in [0.5, 0.6) is 0 Å². The number of hydrogen-bond acceptors (Lipinski definition) is 3. The van der Waals surface area contributed by atoms with Gasteiger partial charge in [0.1, 0.15) is 11.6 Å². The molecule has 0 atom stereocenters. The highest BCUT2D eigenvalue weighted by molar-refractivity contribution is 5.74. The molecule has 0 aliphatic carbocycles. The fraction of sp³-hybridized carbons (Fsp3) is 0.133. The van der Waals surface area contributed by atoms with E-state index in [1.54, 1.807) is 25.1 Å². The predicted molar refractivity (Wildman–Crippen MR) is 71.4 cm³/mol. The largest absolute Gasteiger partial charge is 0.325 e. The third-order valence-electron chi connectivity index (χ3n) is 2.94. The van der Waals surface area contributed by atoms with Crippen molar-refractivity contribution < 1.29 is 0 Å². The Balaban J connectivity index is 2.83. The minimum Gasteiger partial charge on any atom is -0.325 e. The van der Waals surface area contributed by atoms with E-state index in [-0.39, 0.29) is 5.56 Å². The lowest BCUT2D eigenvalue weighted by Gasteiger charge is -2.09. The molecule has 0 fully saturated rings. The van der Waals surface area contributed by atoms with Crippen molar-refractivity contribution in [2.75, 3.05) is 0 Å². The second-order valence-corrected chi connectivity index (χ2v) is 4.32. The molecule has 0 saturated heterocycles. The summed E-state index contributed by atoms with van der Waals surface area (Å²) in [6.45, 7) is 3.64. The van der Waals surface area contributed by atoms with Crippen LogP contribution in [0.2, 0.25) is 0 Å². The third-order valence-corrected chi connectivity index (χ3v) is 2.94. The number of H-pyrrole nitrogens is 1. The van der Waals surface area contributed by atoms with E-state index in [0.717, 1.165) is 11.1 Å². The van der Waals surface area contributed by atoms with Gasteiger partial charge in [0.2, 0.25) is 0 Å². The molecule has 92 valence electrons. The minimum atomic E-state index is -0.403. The molecule has 1 aromatic heterocycles. The maximum Gasteiger partial charge on any atom is 0.266 e. The Hall–Kier alpha value is -2.85. The van der Waals surface area contributed by atoms with Crippen LogP contribution in [0.15, 0.2) is 29.1 Å². The number of benzene rings is 1. The van der Waals surface area contributed by atoms with E-state index >= 15 is 0 Å². The van der Waals surface area contributed by atoms with Gasteiger partial charge >= 0.3 is 0 Å². The highest BCUT2D eigenvalue weighted by Gasteiger charge is 2.12. The molecule has 0 saturated carbocycles. The Bertz CT molecular complexity index is 789. The van der Waals surface area contributed by atoms with E-state index in [2.05, 4.69) is 11.1 Å². The highest BCUT2D eigenvalue weighted by atomic mass is 16.1. The lowest BCUT2D eigenvalue weighted by atomic mass is 9.95. The minimum absolute atomic E-state index is 0.0730. The second-order valence-electron chi connectivity index (χ2n) is 4.32. The molecule has 4 nitrogen and oxygen atoms in total. The van der Waals surface area contributed by atoms with Crippen molar-refractivity contribution in [3.05, 3.63) is 57.0 Å². The molecule has 0 bridgehead atoms. The lowest BCUT2D eigenvalue weighted by molar-refractivity contribution is 1.13. The van der Waals surface area contributed by atoms with E-state index in [0.29, 0.717) is 16.8 Å². The van der Waals surface area contributed by atoms with Gasteiger partial charge in [0.05, 0.1) is 11.6 Å². The molecule has 1 heterocycles. The van der Waals surface area contributed by atoms with Gasteiger partial charge in [-0.3, -0.25) is 4.79 Å². The highest BCUT2D eigenvalue weighted by Crippen LogP contribution is 2.26. The van der Waals surface area contributed by atoms with Crippen molar-refractivity contribution in [2.24, 2.45) is 0 Å². The Labute approximate surface area is 110 Å². The molecule has 0 aliphatic heterocycles. The number of hydrogen-bond donors (Lipinski definition) is 1. The van der Waals surface area contributed by atoms with Crippen LogP contribution in [0, 0.1) is 36.5 Å². The van der Waals surface area contributed by atoms with Crippen molar-refractivity contribution in [3.63, 3.8) is 0 Å². The van der Waals surface area contributed by atoms with E-state index in [1.807, 2.05) is 19.1 Å². The Morgan fingerprint density at radius 1 is 1.05 bits per heavy atom. The van der Waals surface area contributed by atoms with Gasteiger partial charge in [-0.15, -0.1) is 0 Å². The summed E-state index contributed by atoms with van der Waals surface area (Å²) in [5.74, 6) is 0. The summed E-state index contributed by atoms with van der Waals surface area (Å²) in [6.07, 6.45) is 0. The summed E-state index contributed by atoms with van der Waals surface area (Å²) >= 11 is 0. The van der Waals surface area contributed by atoms with Gasteiger partial charge in [0.15, 0.2) is 0 Å². The van der Waals surface area contributed by atoms with Crippen LogP contribution in [-0.4, -0.2) is 4.98 Å². The van der Waals surface area contributed by atoms with E-state index in [4.69, 9.17) is 10.5 Å². The van der Waals surface area contributed by atoms with Gasteiger partial charge in [-0.2, -0.15) is 10.5 Å². The van der Waals surface area contributed by atoms with Crippen LogP contribution >= 0.6 is 0 Å². The lowest BCUT2D eigenvalue weighted by Crippen LogP contribution is -2.13. The van der Waals surface area contributed by atoms with E-state index in [1.165, 1.54) is 0 Å².